The standard InChI is InChI=1S/C22H26ClN3O2/c1-15-12-16(2)20(19(23)13-15)25-22(28)21(27)24-18-8-10-26(11-9-18)14-17-6-4-3-5-7-17/h3-7,12-13,18H,8-11,14H2,1-2H3,(H,24,27)(H,25,28). The normalized spacial score (nSPS) is 15.2. The van der Waals surface area contributed by atoms with Gasteiger partial charge < -0.3 is 10.6 Å². The number of benzene rings is 2. The molecule has 0 saturated carbocycles. The highest BCUT2D eigenvalue weighted by molar-refractivity contribution is 6.41. The predicted molar refractivity (Wildman–Crippen MR) is 112 cm³/mol. The van der Waals surface area contributed by atoms with Crippen LogP contribution in [0.1, 0.15) is 29.5 Å². The van der Waals surface area contributed by atoms with Gasteiger partial charge in [-0.05, 0) is 49.4 Å². The molecule has 1 saturated heterocycles. The molecular weight excluding hydrogens is 374 g/mol. The summed E-state index contributed by atoms with van der Waals surface area (Å²) in [7, 11) is 0. The van der Waals surface area contributed by atoms with E-state index in [4.69, 9.17) is 11.6 Å². The molecule has 1 fully saturated rings. The largest absolute Gasteiger partial charge is 0.345 e. The number of rotatable bonds is 4. The number of hydrogen-bond donors (Lipinski definition) is 2. The Hall–Kier alpha value is -2.37. The minimum Gasteiger partial charge on any atom is -0.345 e. The second kappa shape index (κ2) is 9.22. The van der Waals surface area contributed by atoms with Crippen molar-refractivity contribution in [3.05, 3.63) is 64.2 Å². The van der Waals surface area contributed by atoms with Gasteiger partial charge in [-0.25, -0.2) is 0 Å². The lowest BCUT2D eigenvalue weighted by atomic mass is 10.0. The highest BCUT2D eigenvalue weighted by atomic mass is 35.5. The van der Waals surface area contributed by atoms with E-state index in [1.54, 1.807) is 6.07 Å². The van der Waals surface area contributed by atoms with Crippen LogP contribution < -0.4 is 10.6 Å². The molecule has 0 bridgehead atoms. The Labute approximate surface area is 171 Å². The number of piperidine rings is 1. The molecule has 6 heteroatoms. The molecule has 0 spiro atoms. The number of nitrogens with zero attached hydrogens (tertiary/aromatic N) is 1. The van der Waals surface area contributed by atoms with E-state index in [-0.39, 0.29) is 6.04 Å². The summed E-state index contributed by atoms with van der Waals surface area (Å²) in [5.74, 6) is -1.29. The Balaban J connectivity index is 1.48. The Morgan fingerprint density at radius 2 is 1.75 bits per heavy atom. The molecule has 0 aliphatic carbocycles. The first-order chi connectivity index (χ1) is 13.4. The fourth-order valence-corrected chi connectivity index (χ4v) is 3.94. The molecule has 2 N–H and O–H groups in total. The highest BCUT2D eigenvalue weighted by Crippen LogP contribution is 2.27. The first-order valence-electron chi connectivity index (χ1n) is 9.57. The van der Waals surface area contributed by atoms with Crippen LogP contribution in [0.25, 0.3) is 0 Å². The number of carbonyl (C=O) groups is 2. The quantitative estimate of drug-likeness (QED) is 0.771. The fraction of sp³-hybridized carbons (Fsp3) is 0.364. The van der Waals surface area contributed by atoms with Gasteiger partial charge in [0.25, 0.3) is 0 Å². The van der Waals surface area contributed by atoms with Crippen molar-refractivity contribution < 1.29 is 9.59 Å². The smallest absolute Gasteiger partial charge is 0.313 e. The van der Waals surface area contributed by atoms with Gasteiger partial charge in [-0.1, -0.05) is 48.0 Å². The zero-order valence-electron chi connectivity index (χ0n) is 16.3. The van der Waals surface area contributed by atoms with Crippen LogP contribution in [0.3, 0.4) is 0 Å². The average molecular weight is 400 g/mol. The third-order valence-corrected chi connectivity index (χ3v) is 5.35. The van der Waals surface area contributed by atoms with Gasteiger partial charge in [-0.2, -0.15) is 0 Å². The van der Waals surface area contributed by atoms with E-state index in [1.165, 1.54) is 5.56 Å². The van der Waals surface area contributed by atoms with Gasteiger partial charge in [0.1, 0.15) is 0 Å². The molecule has 0 aromatic heterocycles. The summed E-state index contributed by atoms with van der Waals surface area (Å²) in [6, 6.07) is 14.0. The third kappa shape index (κ3) is 5.33. The van der Waals surface area contributed by atoms with Crippen LogP contribution in [-0.4, -0.2) is 35.8 Å². The Morgan fingerprint density at radius 1 is 1.07 bits per heavy atom. The molecule has 2 aromatic carbocycles. The summed E-state index contributed by atoms with van der Waals surface area (Å²) in [6.07, 6.45) is 1.66. The average Bonchev–Trinajstić information content (AvgIpc) is 2.67. The number of anilines is 1. The Kier molecular flexibility index (Phi) is 6.70. The van der Waals surface area contributed by atoms with Crippen LogP contribution in [-0.2, 0) is 16.1 Å². The molecule has 0 atom stereocenters. The van der Waals surface area contributed by atoms with Gasteiger partial charge in [-0.15, -0.1) is 0 Å². The molecule has 2 amide bonds. The monoisotopic (exact) mass is 399 g/mol. The maximum Gasteiger partial charge on any atom is 0.313 e. The van der Waals surface area contributed by atoms with Crippen LogP contribution in [0.15, 0.2) is 42.5 Å². The SMILES string of the molecule is Cc1cc(C)c(NC(=O)C(=O)NC2CCN(Cc3ccccc3)CC2)c(Cl)c1. The van der Waals surface area contributed by atoms with Crippen LogP contribution in [0.2, 0.25) is 5.02 Å². The Morgan fingerprint density at radius 3 is 2.39 bits per heavy atom. The number of likely N-dealkylation sites (tertiary alicyclic amines) is 1. The van der Waals surface area contributed by atoms with Crippen molar-refractivity contribution in [2.24, 2.45) is 0 Å². The molecule has 28 heavy (non-hydrogen) atoms. The molecule has 5 nitrogen and oxygen atoms in total. The van der Waals surface area contributed by atoms with Gasteiger partial charge in [0, 0.05) is 25.7 Å². The second-order valence-electron chi connectivity index (χ2n) is 7.40. The minimum atomic E-state index is -0.680. The van der Waals surface area contributed by atoms with E-state index < -0.39 is 11.8 Å². The lowest BCUT2D eigenvalue weighted by molar-refractivity contribution is -0.136. The van der Waals surface area contributed by atoms with E-state index in [2.05, 4.69) is 27.7 Å². The second-order valence-corrected chi connectivity index (χ2v) is 7.81. The lowest BCUT2D eigenvalue weighted by Crippen LogP contribution is -2.47. The first kappa shape index (κ1) is 20.4. The summed E-state index contributed by atoms with van der Waals surface area (Å²) >= 11 is 6.21. The van der Waals surface area contributed by atoms with Gasteiger partial charge in [0.05, 0.1) is 10.7 Å². The highest BCUT2D eigenvalue weighted by Gasteiger charge is 2.24. The molecule has 0 radical (unpaired) electrons. The van der Waals surface area contributed by atoms with Crippen LogP contribution >= 0.6 is 11.6 Å². The lowest BCUT2D eigenvalue weighted by Gasteiger charge is -2.32. The van der Waals surface area contributed by atoms with E-state index in [0.717, 1.165) is 43.6 Å². The molecule has 0 unspecified atom stereocenters. The molecule has 2 aromatic rings. The maximum absolute atomic E-state index is 12.3. The summed E-state index contributed by atoms with van der Waals surface area (Å²) in [5, 5.41) is 5.93. The Bertz CT molecular complexity index is 823. The van der Waals surface area contributed by atoms with Crippen LogP contribution in [0.5, 0.6) is 0 Å². The van der Waals surface area contributed by atoms with Crippen molar-refractivity contribution in [1.82, 2.24) is 10.2 Å². The van der Waals surface area contributed by atoms with Crippen LogP contribution in [0, 0.1) is 13.8 Å². The molecule has 3 rings (SSSR count). The summed E-state index contributed by atoms with van der Waals surface area (Å²) in [6.45, 7) is 6.48. The topological polar surface area (TPSA) is 61.4 Å². The number of halogens is 1. The number of carbonyl (C=O) groups excluding carboxylic acids is 2. The number of nitrogens with one attached hydrogen (secondary N) is 2. The van der Waals surface area contributed by atoms with Gasteiger partial charge >= 0.3 is 11.8 Å². The summed E-state index contributed by atoms with van der Waals surface area (Å²) in [4.78, 5) is 27.0. The zero-order valence-corrected chi connectivity index (χ0v) is 17.1. The van der Waals surface area contributed by atoms with E-state index in [9.17, 15) is 9.59 Å². The van der Waals surface area contributed by atoms with Crippen molar-refractivity contribution in [3.63, 3.8) is 0 Å². The third-order valence-electron chi connectivity index (χ3n) is 5.05. The summed E-state index contributed by atoms with van der Waals surface area (Å²) < 4.78 is 0. The van der Waals surface area contributed by atoms with Crippen molar-refractivity contribution in [2.45, 2.75) is 39.3 Å². The maximum atomic E-state index is 12.3. The van der Waals surface area contributed by atoms with E-state index in [1.807, 2.05) is 38.1 Å². The van der Waals surface area contributed by atoms with Crippen molar-refractivity contribution in [3.8, 4) is 0 Å². The van der Waals surface area contributed by atoms with Crippen molar-refractivity contribution in [1.29, 1.82) is 0 Å². The molecular formula is C22H26ClN3O2. The van der Waals surface area contributed by atoms with Crippen LogP contribution in [0.4, 0.5) is 5.69 Å². The summed E-state index contributed by atoms with van der Waals surface area (Å²) in [5.41, 5.74) is 3.62. The predicted octanol–water partition coefficient (Wildman–Crippen LogP) is 3.68. The van der Waals surface area contributed by atoms with Gasteiger partial charge in [-0.3, -0.25) is 14.5 Å². The molecule has 148 valence electrons. The molecule has 1 heterocycles. The number of hydrogen-bond acceptors (Lipinski definition) is 3. The van der Waals surface area contributed by atoms with Crippen molar-refractivity contribution >= 4 is 29.1 Å². The van der Waals surface area contributed by atoms with E-state index >= 15 is 0 Å². The minimum absolute atomic E-state index is 0.0138. The molecule has 1 aliphatic rings. The first-order valence-corrected chi connectivity index (χ1v) is 9.95. The van der Waals surface area contributed by atoms with Gasteiger partial charge in [0.2, 0.25) is 0 Å². The fourth-order valence-electron chi connectivity index (χ4n) is 3.57. The number of amides is 2. The molecule has 1 aliphatic heterocycles. The van der Waals surface area contributed by atoms with E-state index in [0.29, 0.717) is 10.7 Å². The van der Waals surface area contributed by atoms with Crippen molar-refractivity contribution in [2.75, 3.05) is 18.4 Å². The zero-order chi connectivity index (χ0) is 20.1. The number of aryl methyl sites for hydroxylation is 2. The van der Waals surface area contributed by atoms with Gasteiger partial charge in [0.15, 0.2) is 0 Å².